The van der Waals surface area contributed by atoms with Crippen molar-refractivity contribution < 1.29 is 128 Å². The van der Waals surface area contributed by atoms with E-state index < -0.39 is 170 Å². The van der Waals surface area contributed by atoms with Crippen molar-refractivity contribution in [1.82, 2.24) is 0 Å². The molecular formula is C44H47O26+. The van der Waals surface area contributed by atoms with E-state index in [1.807, 2.05) is 0 Å². The lowest BCUT2D eigenvalue weighted by atomic mass is 9.98. The van der Waals surface area contributed by atoms with Gasteiger partial charge in [-0.15, -0.1) is 0 Å². The number of carbonyl (C=O) groups is 3. The molecule has 0 aliphatic carbocycles. The number of phenolic OH excluding ortho intramolecular Hbond substituents is 5. The predicted octanol–water partition coefficient (Wildman–Crippen LogP) is -1.98. The normalized spacial score (nSPS) is 30.2. The Morgan fingerprint density at radius 2 is 1.27 bits per heavy atom. The second kappa shape index (κ2) is 21.5. The van der Waals surface area contributed by atoms with E-state index in [9.17, 15) is 80.8 Å². The highest BCUT2D eigenvalue weighted by Gasteiger charge is 2.51. The lowest BCUT2D eigenvalue weighted by molar-refractivity contribution is -0.345. The van der Waals surface area contributed by atoms with Gasteiger partial charge in [0.25, 0.3) is 0 Å². The number of aliphatic hydroxyl groups is 8. The molecule has 0 radical (unpaired) electrons. The van der Waals surface area contributed by atoms with Crippen LogP contribution in [0.3, 0.4) is 0 Å². The minimum absolute atomic E-state index is 0.0438. The van der Waals surface area contributed by atoms with Gasteiger partial charge in [0.05, 0.1) is 18.2 Å². The smallest absolute Gasteiger partial charge is 0.402 e. The summed E-state index contributed by atoms with van der Waals surface area (Å²) in [4.78, 5) is 35.7. The number of aliphatic carboxylic acids is 1. The Morgan fingerprint density at radius 3 is 1.96 bits per heavy atom. The van der Waals surface area contributed by atoms with Crippen molar-refractivity contribution in [3.8, 4) is 51.6 Å². The fourth-order valence-corrected chi connectivity index (χ4v) is 7.33. The number of fused-ring (bicyclic) bond motifs is 1. The SMILES string of the molecule is O=C(O)CC(=O)OC[C@H]1O[C@@H](Oc2cc(O)cc3[o+]c(-c4ccc(O)c(O)c4)c(O[C@@H]4O[C@H](COC(=O)C=Cc5ccc(O)c(O)c5)[C@@H](O)[C@H](O)[C@H]4O[C@@H]4OC[C@@H](O)[C@H](O)[C@H]4O)cc23)[C@H](O)[C@@H](O)[C@@H]1O. The van der Waals surface area contributed by atoms with E-state index in [2.05, 4.69) is 0 Å². The molecule has 26 nitrogen and oxygen atoms in total. The Morgan fingerprint density at radius 1 is 0.643 bits per heavy atom. The van der Waals surface area contributed by atoms with Crippen LogP contribution in [0.25, 0.3) is 28.4 Å². The van der Waals surface area contributed by atoms with Gasteiger partial charge in [-0.1, -0.05) is 6.07 Å². The van der Waals surface area contributed by atoms with Crippen LogP contribution in [0.15, 0.2) is 65.1 Å². The average molecular weight is 992 g/mol. The van der Waals surface area contributed by atoms with Gasteiger partial charge in [-0.05, 0) is 35.9 Å². The summed E-state index contributed by atoms with van der Waals surface area (Å²) in [6.07, 6.45) is -25.1. The van der Waals surface area contributed by atoms with Gasteiger partial charge in [0.2, 0.25) is 18.3 Å². The fourth-order valence-electron chi connectivity index (χ4n) is 7.33. The average Bonchev–Trinajstić information content (AvgIpc) is 3.31. The van der Waals surface area contributed by atoms with E-state index in [4.69, 9.17) is 47.4 Å². The fraction of sp³-hybridized carbons (Fsp3) is 0.409. The maximum Gasteiger partial charge on any atom is 0.402 e. The first-order valence-electron chi connectivity index (χ1n) is 20.9. The van der Waals surface area contributed by atoms with Crippen LogP contribution in [-0.4, -0.2) is 195 Å². The zero-order valence-corrected chi connectivity index (χ0v) is 35.9. The predicted molar refractivity (Wildman–Crippen MR) is 225 cm³/mol. The molecule has 14 atom stereocenters. The number of carboxylic acid groups (broad SMARTS) is 1. The molecule has 0 unspecified atom stereocenters. The molecule has 0 saturated carbocycles. The number of rotatable bonds is 15. The summed E-state index contributed by atoms with van der Waals surface area (Å²) in [7, 11) is 0. The van der Waals surface area contributed by atoms with Crippen molar-refractivity contribution in [2.75, 3.05) is 19.8 Å². The van der Waals surface area contributed by atoms with E-state index in [0.29, 0.717) is 0 Å². The Bertz CT molecular complexity index is 2570. The highest BCUT2D eigenvalue weighted by molar-refractivity contribution is 5.90. The molecule has 26 heteroatoms. The Balaban J connectivity index is 1.24. The first-order chi connectivity index (χ1) is 33.2. The third-order valence-electron chi connectivity index (χ3n) is 11.1. The Labute approximate surface area is 392 Å². The van der Waals surface area contributed by atoms with Crippen LogP contribution in [0.2, 0.25) is 0 Å². The van der Waals surface area contributed by atoms with Gasteiger partial charge in [0, 0.05) is 24.3 Å². The third-order valence-corrected chi connectivity index (χ3v) is 11.1. The number of carboxylic acids is 1. The van der Waals surface area contributed by atoms with Crippen LogP contribution in [-0.2, 0) is 42.8 Å². The number of aliphatic hydroxyl groups excluding tert-OH is 8. The summed E-state index contributed by atoms with van der Waals surface area (Å²) in [6.45, 7) is -2.18. The van der Waals surface area contributed by atoms with E-state index in [-0.39, 0.29) is 27.9 Å². The van der Waals surface area contributed by atoms with Gasteiger partial charge in [-0.25, -0.2) is 9.21 Å². The number of esters is 2. The molecule has 7 rings (SSSR count). The number of ether oxygens (including phenoxy) is 8. The molecule has 70 heavy (non-hydrogen) atoms. The second-order valence-corrected chi connectivity index (χ2v) is 16.1. The first-order valence-corrected chi connectivity index (χ1v) is 20.9. The summed E-state index contributed by atoms with van der Waals surface area (Å²) in [5.74, 6) is -7.60. The molecular weight excluding hydrogens is 944 g/mol. The summed E-state index contributed by atoms with van der Waals surface area (Å²) in [5.41, 5.74) is -0.00972. The molecule has 378 valence electrons. The lowest BCUT2D eigenvalue weighted by Gasteiger charge is -2.44. The number of carbonyl (C=O) groups excluding carboxylic acids is 2. The highest BCUT2D eigenvalue weighted by atomic mass is 16.8. The van der Waals surface area contributed by atoms with E-state index >= 15 is 0 Å². The molecule has 3 aromatic carbocycles. The van der Waals surface area contributed by atoms with Crippen molar-refractivity contribution in [2.24, 2.45) is 0 Å². The second-order valence-electron chi connectivity index (χ2n) is 16.1. The zero-order valence-electron chi connectivity index (χ0n) is 35.9. The lowest BCUT2D eigenvalue weighted by Crippen LogP contribution is -2.64. The molecule has 3 aliphatic rings. The standard InChI is InChI=1S/C44H46O26/c45-18-9-25-19(26(10-18)66-43-39(61)36(58)34(56)28(68-43)15-63-32(54)12-30(51)52)11-27(40(65-25)17-3-5-21(47)23(49)8-17)67-44-41(70-42-38(60)33(55)24(50)13-64-42)37(59)35(57)29(69-44)14-62-31(53)6-2-16-1-4-20(46)22(48)7-16/h1-11,24,28-29,33-39,41-44,50,55-61H,12-15H2,(H5-,45,46,47,48,49,51,52,53)/p+1/t24-,28-,29-,33+,34-,35-,36+,37+,38-,39-,41-,42+,43-,44-/m1/s1. The molecule has 4 aromatic rings. The monoisotopic (exact) mass is 991 g/mol. The van der Waals surface area contributed by atoms with Gasteiger partial charge >= 0.3 is 29.3 Å². The van der Waals surface area contributed by atoms with Crippen LogP contribution >= 0.6 is 0 Å². The minimum atomic E-state index is -2.07. The number of hydrogen-bond donors (Lipinski definition) is 14. The molecule has 0 amide bonds. The molecule has 0 spiro atoms. The van der Waals surface area contributed by atoms with E-state index in [0.717, 1.165) is 42.5 Å². The number of aromatic hydroxyl groups is 5. The Hall–Kier alpha value is -6.66. The zero-order chi connectivity index (χ0) is 50.7. The maximum atomic E-state index is 12.8. The molecule has 14 N–H and O–H groups in total. The number of benzene rings is 3. The van der Waals surface area contributed by atoms with Gasteiger partial charge in [0.15, 0.2) is 35.4 Å². The molecule has 4 heterocycles. The topological polar surface area (TPSA) is 420 Å². The minimum Gasteiger partial charge on any atom is -0.507 e. The van der Waals surface area contributed by atoms with Crippen LogP contribution in [0.5, 0.6) is 40.2 Å². The largest absolute Gasteiger partial charge is 0.507 e. The maximum absolute atomic E-state index is 12.8. The van der Waals surface area contributed by atoms with Gasteiger partial charge in [-0.2, -0.15) is 0 Å². The van der Waals surface area contributed by atoms with Crippen LogP contribution in [0.1, 0.15) is 12.0 Å². The number of hydrogen-bond acceptors (Lipinski definition) is 24. The highest BCUT2D eigenvalue weighted by Crippen LogP contribution is 2.44. The molecule has 3 saturated heterocycles. The van der Waals surface area contributed by atoms with Crippen molar-refractivity contribution in [3.05, 3.63) is 66.2 Å². The van der Waals surface area contributed by atoms with Crippen molar-refractivity contribution in [3.63, 3.8) is 0 Å². The van der Waals surface area contributed by atoms with Crippen LogP contribution in [0, 0.1) is 0 Å². The third kappa shape index (κ3) is 11.5. The summed E-state index contributed by atoms with van der Waals surface area (Å²) in [6, 6.07) is 10.2. The van der Waals surface area contributed by atoms with E-state index in [1.165, 1.54) is 24.3 Å². The molecule has 0 bridgehead atoms. The summed E-state index contributed by atoms with van der Waals surface area (Å²) in [5, 5.41) is 146. The summed E-state index contributed by atoms with van der Waals surface area (Å²) < 4.78 is 51.3. The Kier molecular flexibility index (Phi) is 15.8. The van der Waals surface area contributed by atoms with Crippen LogP contribution in [0.4, 0.5) is 0 Å². The van der Waals surface area contributed by atoms with E-state index in [1.54, 1.807) is 0 Å². The van der Waals surface area contributed by atoms with Crippen molar-refractivity contribution >= 4 is 35.0 Å². The van der Waals surface area contributed by atoms with Crippen molar-refractivity contribution in [1.29, 1.82) is 0 Å². The van der Waals surface area contributed by atoms with Crippen LogP contribution < -0.4 is 9.47 Å². The van der Waals surface area contributed by atoms with Gasteiger partial charge in [0.1, 0.15) is 97.6 Å². The molecule has 3 aliphatic heterocycles. The van der Waals surface area contributed by atoms with Crippen molar-refractivity contribution in [2.45, 2.75) is 92.4 Å². The van der Waals surface area contributed by atoms with Gasteiger partial charge in [-0.3, -0.25) is 9.59 Å². The molecule has 3 fully saturated rings. The quantitative estimate of drug-likeness (QED) is 0.0202. The number of phenols is 5. The van der Waals surface area contributed by atoms with Gasteiger partial charge < -0.3 is 109 Å². The summed E-state index contributed by atoms with van der Waals surface area (Å²) >= 11 is 0. The molecule has 1 aromatic heterocycles. The first kappa shape index (κ1) is 51.2.